The molecule has 0 spiro atoms. The predicted molar refractivity (Wildman–Crippen MR) is 88.8 cm³/mol. The van der Waals surface area contributed by atoms with E-state index in [1.807, 2.05) is 42.3 Å². The van der Waals surface area contributed by atoms with Crippen molar-refractivity contribution < 1.29 is 9.59 Å². The van der Waals surface area contributed by atoms with Crippen LogP contribution < -0.4 is 5.32 Å². The van der Waals surface area contributed by atoms with E-state index in [0.29, 0.717) is 25.7 Å². The number of carbonyl (C=O) groups excluding carboxylic acids is 2. The molecule has 3 rings (SSSR count). The van der Waals surface area contributed by atoms with Crippen LogP contribution in [0.1, 0.15) is 31.2 Å². The highest BCUT2D eigenvalue weighted by Gasteiger charge is 2.31. The van der Waals surface area contributed by atoms with Crippen molar-refractivity contribution >= 4 is 11.9 Å². The standard InChI is InChI=1S/C18H25N3O2/c1-20(13-14-5-3-2-4-6-14)17(22)15-9-11-21(12-10-15)18(23)19-16-7-8-16/h2-6,15-16H,7-13H2,1H3,(H,19,23). The third-order valence-corrected chi connectivity index (χ3v) is 4.68. The number of nitrogens with zero attached hydrogens (tertiary/aromatic N) is 2. The third-order valence-electron chi connectivity index (χ3n) is 4.68. The molecule has 3 amide bonds. The van der Waals surface area contributed by atoms with Crippen molar-refractivity contribution in [3.8, 4) is 0 Å². The van der Waals surface area contributed by atoms with Gasteiger partial charge in [0.05, 0.1) is 0 Å². The smallest absolute Gasteiger partial charge is 0.317 e. The van der Waals surface area contributed by atoms with Gasteiger partial charge < -0.3 is 15.1 Å². The molecule has 1 heterocycles. The Bertz CT molecular complexity index is 549. The molecule has 1 aromatic rings. The fraction of sp³-hybridized carbons (Fsp3) is 0.556. The lowest BCUT2D eigenvalue weighted by molar-refractivity contribution is -0.136. The maximum atomic E-state index is 12.6. The van der Waals surface area contributed by atoms with Crippen LogP contribution in [0.3, 0.4) is 0 Å². The summed E-state index contributed by atoms with van der Waals surface area (Å²) < 4.78 is 0. The van der Waals surface area contributed by atoms with E-state index in [1.54, 1.807) is 4.90 Å². The van der Waals surface area contributed by atoms with Crippen LogP contribution in [0.4, 0.5) is 4.79 Å². The van der Waals surface area contributed by atoms with Crippen molar-refractivity contribution in [2.45, 2.75) is 38.3 Å². The Morgan fingerprint density at radius 3 is 2.39 bits per heavy atom. The maximum absolute atomic E-state index is 12.6. The Labute approximate surface area is 137 Å². The molecule has 124 valence electrons. The minimum atomic E-state index is 0.0358. The van der Waals surface area contributed by atoms with Gasteiger partial charge in [0, 0.05) is 38.6 Å². The van der Waals surface area contributed by atoms with Crippen molar-refractivity contribution in [3.05, 3.63) is 35.9 Å². The van der Waals surface area contributed by atoms with Crippen LogP contribution in [0.5, 0.6) is 0 Å². The fourth-order valence-corrected chi connectivity index (χ4v) is 3.07. The first-order chi connectivity index (χ1) is 11.1. The zero-order valence-electron chi connectivity index (χ0n) is 13.7. The second kappa shape index (κ2) is 7.02. The zero-order valence-corrected chi connectivity index (χ0v) is 13.7. The molecule has 1 aromatic carbocycles. The van der Waals surface area contributed by atoms with E-state index in [2.05, 4.69) is 5.32 Å². The molecule has 1 saturated heterocycles. The van der Waals surface area contributed by atoms with Crippen LogP contribution in [0.15, 0.2) is 30.3 Å². The topological polar surface area (TPSA) is 52.7 Å². The molecule has 5 nitrogen and oxygen atoms in total. The van der Waals surface area contributed by atoms with Gasteiger partial charge in [0.1, 0.15) is 0 Å². The minimum Gasteiger partial charge on any atom is -0.341 e. The number of amides is 3. The van der Waals surface area contributed by atoms with Crippen LogP contribution >= 0.6 is 0 Å². The first-order valence-electron chi connectivity index (χ1n) is 8.48. The highest BCUT2D eigenvalue weighted by molar-refractivity contribution is 5.79. The van der Waals surface area contributed by atoms with Gasteiger partial charge >= 0.3 is 6.03 Å². The Kier molecular flexibility index (Phi) is 4.84. The number of hydrogen-bond acceptors (Lipinski definition) is 2. The van der Waals surface area contributed by atoms with E-state index < -0.39 is 0 Å². The summed E-state index contributed by atoms with van der Waals surface area (Å²) in [6, 6.07) is 10.5. The molecule has 23 heavy (non-hydrogen) atoms. The molecule has 0 atom stereocenters. The molecule has 0 radical (unpaired) electrons. The predicted octanol–water partition coefficient (Wildman–Crippen LogP) is 2.23. The zero-order chi connectivity index (χ0) is 16.2. The molecule has 2 fully saturated rings. The van der Waals surface area contributed by atoms with Crippen molar-refractivity contribution in [1.29, 1.82) is 0 Å². The third kappa shape index (κ3) is 4.24. The van der Waals surface area contributed by atoms with Gasteiger partial charge in [0.2, 0.25) is 5.91 Å². The summed E-state index contributed by atoms with van der Waals surface area (Å²) in [6.45, 7) is 1.99. The Hall–Kier alpha value is -2.04. The highest BCUT2D eigenvalue weighted by atomic mass is 16.2. The monoisotopic (exact) mass is 315 g/mol. The summed E-state index contributed by atoms with van der Waals surface area (Å²) in [7, 11) is 1.86. The summed E-state index contributed by atoms with van der Waals surface area (Å²) in [5.74, 6) is 0.227. The van der Waals surface area contributed by atoms with Crippen LogP contribution in [-0.2, 0) is 11.3 Å². The summed E-state index contributed by atoms with van der Waals surface area (Å²) in [5, 5.41) is 3.01. The number of rotatable bonds is 4. The lowest BCUT2D eigenvalue weighted by Gasteiger charge is -2.33. The Morgan fingerprint density at radius 1 is 1.13 bits per heavy atom. The number of urea groups is 1. The molecule has 1 saturated carbocycles. The molecular weight excluding hydrogens is 290 g/mol. The molecule has 0 aromatic heterocycles. The van der Waals surface area contributed by atoms with E-state index in [1.165, 1.54) is 0 Å². The van der Waals surface area contributed by atoms with E-state index in [0.717, 1.165) is 31.2 Å². The van der Waals surface area contributed by atoms with Gasteiger partial charge in [-0.3, -0.25) is 4.79 Å². The van der Waals surface area contributed by atoms with Crippen molar-refractivity contribution in [2.75, 3.05) is 20.1 Å². The average Bonchev–Trinajstić information content (AvgIpc) is 3.39. The highest BCUT2D eigenvalue weighted by Crippen LogP contribution is 2.22. The molecule has 0 unspecified atom stereocenters. The maximum Gasteiger partial charge on any atom is 0.317 e. The first-order valence-corrected chi connectivity index (χ1v) is 8.48. The molecule has 5 heteroatoms. The van der Waals surface area contributed by atoms with Gasteiger partial charge in [0.25, 0.3) is 0 Å². The van der Waals surface area contributed by atoms with Gasteiger partial charge in [-0.15, -0.1) is 0 Å². The van der Waals surface area contributed by atoms with Crippen molar-refractivity contribution in [1.82, 2.24) is 15.1 Å². The van der Waals surface area contributed by atoms with E-state index >= 15 is 0 Å². The number of carbonyl (C=O) groups is 2. The quantitative estimate of drug-likeness (QED) is 0.926. The first kappa shape index (κ1) is 15.8. The number of likely N-dealkylation sites (tertiary alicyclic amines) is 1. The Balaban J connectivity index is 1.46. The van der Waals surface area contributed by atoms with Gasteiger partial charge in [-0.2, -0.15) is 0 Å². The lowest BCUT2D eigenvalue weighted by Crippen LogP contribution is -2.47. The van der Waals surface area contributed by atoms with Crippen LogP contribution in [0.25, 0.3) is 0 Å². The normalized spacial score (nSPS) is 18.6. The Morgan fingerprint density at radius 2 is 1.78 bits per heavy atom. The molecule has 1 aliphatic carbocycles. The lowest BCUT2D eigenvalue weighted by atomic mass is 9.95. The molecule has 1 aliphatic heterocycles. The van der Waals surface area contributed by atoms with E-state index in [-0.39, 0.29) is 17.9 Å². The van der Waals surface area contributed by atoms with Crippen molar-refractivity contribution in [3.63, 3.8) is 0 Å². The number of hydrogen-bond donors (Lipinski definition) is 1. The summed E-state index contributed by atoms with van der Waals surface area (Å²) >= 11 is 0. The molecule has 1 N–H and O–H groups in total. The largest absolute Gasteiger partial charge is 0.341 e. The summed E-state index contributed by atoms with van der Waals surface area (Å²) in [6.07, 6.45) is 3.72. The number of piperidine rings is 1. The molecule has 0 bridgehead atoms. The molecular formula is C18H25N3O2. The van der Waals surface area contributed by atoms with E-state index in [9.17, 15) is 9.59 Å². The average molecular weight is 315 g/mol. The second-order valence-corrected chi connectivity index (χ2v) is 6.66. The summed E-state index contributed by atoms with van der Waals surface area (Å²) in [4.78, 5) is 28.2. The number of nitrogens with one attached hydrogen (secondary N) is 1. The fourth-order valence-electron chi connectivity index (χ4n) is 3.07. The van der Waals surface area contributed by atoms with Crippen molar-refractivity contribution in [2.24, 2.45) is 5.92 Å². The van der Waals surface area contributed by atoms with Crippen LogP contribution in [-0.4, -0.2) is 47.9 Å². The SMILES string of the molecule is CN(Cc1ccccc1)C(=O)C1CCN(C(=O)NC2CC2)CC1. The summed E-state index contributed by atoms with van der Waals surface area (Å²) in [5.41, 5.74) is 1.14. The van der Waals surface area contributed by atoms with Crippen LogP contribution in [0, 0.1) is 5.92 Å². The second-order valence-electron chi connectivity index (χ2n) is 6.66. The van der Waals surface area contributed by atoms with Gasteiger partial charge in [-0.05, 0) is 31.2 Å². The van der Waals surface area contributed by atoms with Gasteiger partial charge in [-0.1, -0.05) is 30.3 Å². The van der Waals surface area contributed by atoms with E-state index in [4.69, 9.17) is 0 Å². The number of benzene rings is 1. The molecule has 2 aliphatic rings. The minimum absolute atomic E-state index is 0.0358. The van der Waals surface area contributed by atoms with Gasteiger partial charge in [0.15, 0.2) is 0 Å². The van der Waals surface area contributed by atoms with Crippen LogP contribution in [0.2, 0.25) is 0 Å². The van der Waals surface area contributed by atoms with Gasteiger partial charge in [-0.25, -0.2) is 4.79 Å².